The van der Waals surface area contributed by atoms with Crippen LogP contribution in [0.25, 0.3) is 0 Å². The zero-order chi connectivity index (χ0) is 14.9. The molecule has 0 atom stereocenters. The Morgan fingerprint density at radius 1 is 1.15 bits per heavy atom. The van der Waals surface area contributed by atoms with E-state index >= 15 is 0 Å². The molecule has 1 aromatic heterocycles. The number of nitrogens with zero attached hydrogens (tertiary/aromatic N) is 1. The monoisotopic (exact) mass is 311 g/mol. The van der Waals surface area contributed by atoms with Gasteiger partial charge in [-0.25, -0.2) is 13.4 Å². The number of benzene rings is 1. The number of aromatic nitrogens is 1. The van der Waals surface area contributed by atoms with E-state index in [0.29, 0.717) is 5.69 Å². The van der Waals surface area contributed by atoms with Gasteiger partial charge in [-0.05, 0) is 43.2 Å². The van der Waals surface area contributed by atoms with E-state index in [-0.39, 0.29) is 15.7 Å². The fourth-order valence-corrected chi connectivity index (χ4v) is 3.07. The quantitative estimate of drug-likeness (QED) is 0.912. The molecule has 0 unspecified atom stereocenters. The summed E-state index contributed by atoms with van der Waals surface area (Å²) in [7, 11) is -3.74. The number of halogens is 1. The minimum atomic E-state index is -3.74. The molecule has 2 rings (SSSR count). The summed E-state index contributed by atoms with van der Waals surface area (Å²) >= 11 is 5.79. The number of nitrogens with one attached hydrogen (secondary N) is 1. The second-order valence-corrected chi connectivity index (χ2v) is 6.61. The number of pyridine rings is 1. The van der Waals surface area contributed by atoms with Crippen molar-refractivity contribution in [1.82, 2.24) is 4.98 Å². The Hall–Kier alpha value is -1.79. The van der Waals surface area contributed by atoms with Gasteiger partial charge in [-0.3, -0.25) is 4.72 Å². The van der Waals surface area contributed by atoms with E-state index in [0.717, 1.165) is 11.1 Å². The maximum Gasteiger partial charge on any atom is 0.263 e. The van der Waals surface area contributed by atoms with Gasteiger partial charge in [0.15, 0.2) is 0 Å². The molecule has 0 spiro atoms. The zero-order valence-electron chi connectivity index (χ0n) is 11.0. The van der Waals surface area contributed by atoms with Crippen LogP contribution in [-0.4, -0.2) is 13.4 Å². The van der Waals surface area contributed by atoms with E-state index in [1.54, 1.807) is 12.1 Å². The van der Waals surface area contributed by atoms with Gasteiger partial charge in [-0.2, -0.15) is 0 Å². The topological polar surface area (TPSA) is 85.1 Å². The number of rotatable bonds is 3. The molecule has 0 radical (unpaired) electrons. The SMILES string of the molecule is Cc1cc(C)cc(NS(=O)(=O)c2cnc(N)c(Cl)c2)c1. The van der Waals surface area contributed by atoms with Crippen LogP contribution in [0, 0.1) is 13.8 Å². The van der Waals surface area contributed by atoms with Crippen LogP contribution >= 0.6 is 11.6 Å². The summed E-state index contributed by atoms with van der Waals surface area (Å²) in [5.41, 5.74) is 7.90. The summed E-state index contributed by atoms with van der Waals surface area (Å²) in [5, 5.41) is 0.105. The van der Waals surface area contributed by atoms with Crippen LogP contribution in [0.1, 0.15) is 11.1 Å². The molecule has 1 aromatic carbocycles. The second-order valence-electron chi connectivity index (χ2n) is 4.52. The van der Waals surface area contributed by atoms with E-state index < -0.39 is 10.0 Å². The van der Waals surface area contributed by atoms with Crippen LogP contribution in [0.2, 0.25) is 5.02 Å². The van der Waals surface area contributed by atoms with Gasteiger partial charge >= 0.3 is 0 Å². The van der Waals surface area contributed by atoms with Gasteiger partial charge in [0.1, 0.15) is 10.7 Å². The number of aryl methyl sites for hydroxylation is 2. The van der Waals surface area contributed by atoms with Gasteiger partial charge < -0.3 is 5.73 Å². The maximum absolute atomic E-state index is 12.2. The first-order valence-corrected chi connectivity index (χ1v) is 7.66. The molecule has 0 bridgehead atoms. The van der Waals surface area contributed by atoms with Crippen molar-refractivity contribution in [2.24, 2.45) is 0 Å². The summed E-state index contributed by atoms with van der Waals surface area (Å²) in [5.74, 6) is 0.0945. The maximum atomic E-state index is 12.2. The number of hydrogen-bond acceptors (Lipinski definition) is 4. The highest BCUT2D eigenvalue weighted by Gasteiger charge is 2.16. The predicted octanol–water partition coefficient (Wildman–Crippen LogP) is 2.73. The van der Waals surface area contributed by atoms with Crippen LogP contribution in [0.3, 0.4) is 0 Å². The average molecular weight is 312 g/mol. The lowest BCUT2D eigenvalue weighted by atomic mass is 10.1. The van der Waals surface area contributed by atoms with Gasteiger partial charge in [0.05, 0.1) is 5.02 Å². The van der Waals surface area contributed by atoms with E-state index in [2.05, 4.69) is 9.71 Å². The van der Waals surface area contributed by atoms with Crippen molar-refractivity contribution < 1.29 is 8.42 Å². The lowest BCUT2D eigenvalue weighted by Gasteiger charge is -2.10. The average Bonchev–Trinajstić information content (AvgIpc) is 2.30. The van der Waals surface area contributed by atoms with Crippen molar-refractivity contribution in [3.63, 3.8) is 0 Å². The summed E-state index contributed by atoms with van der Waals surface area (Å²) in [4.78, 5) is 3.72. The molecule has 1 heterocycles. The normalized spacial score (nSPS) is 11.3. The van der Waals surface area contributed by atoms with Crippen LogP contribution in [-0.2, 0) is 10.0 Å². The number of nitrogen functional groups attached to an aromatic ring is 1. The predicted molar refractivity (Wildman–Crippen MR) is 80.4 cm³/mol. The Balaban J connectivity index is 2.37. The van der Waals surface area contributed by atoms with E-state index in [1.807, 2.05) is 19.9 Å². The lowest BCUT2D eigenvalue weighted by molar-refractivity contribution is 0.601. The summed E-state index contributed by atoms with van der Waals surface area (Å²) in [6, 6.07) is 6.72. The first-order chi connectivity index (χ1) is 9.28. The highest BCUT2D eigenvalue weighted by molar-refractivity contribution is 7.92. The Bertz CT molecular complexity index is 740. The molecule has 5 nitrogen and oxygen atoms in total. The molecule has 0 amide bonds. The molecular formula is C13H14ClN3O2S. The van der Waals surface area contributed by atoms with Crippen LogP contribution < -0.4 is 10.5 Å². The Labute approximate surface area is 122 Å². The Kier molecular flexibility index (Phi) is 3.87. The number of nitrogens with two attached hydrogens (primary N) is 1. The molecule has 0 aliphatic heterocycles. The molecule has 106 valence electrons. The third-order valence-electron chi connectivity index (χ3n) is 2.63. The molecule has 3 N–H and O–H groups in total. The van der Waals surface area contributed by atoms with E-state index in [9.17, 15) is 8.42 Å². The third-order valence-corrected chi connectivity index (χ3v) is 4.28. The minimum absolute atomic E-state index is 0.0316. The van der Waals surface area contributed by atoms with Crippen molar-refractivity contribution in [1.29, 1.82) is 0 Å². The van der Waals surface area contributed by atoms with Gasteiger partial charge in [-0.15, -0.1) is 0 Å². The number of hydrogen-bond donors (Lipinski definition) is 2. The zero-order valence-corrected chi connectivity index (χ0v) is 12.6. The summed E-state index contributed by atoms with van der Waals surface area (Å²) in [6.07, 6.45) is 1.17. The highest BCUT2D eigenvalue weighted by Crippen LogP contribution is 2.22. The summed E-state index contributed by atoms with van der Waals surface area (Å²) in [6.45, 7) is 3.79. The smallest absolute Gasteiger partial charge is 0.263 e. The number of sulfonamides is 1. The fraction of sp³-hybridized carbons (Fsp3) is 0.154. The first kappa shape index (κ1) is 14.6. The largest absolute Gasteiger partial charge is 0.382 e. The molecule has 0 fully saturated rings. The molecule has 0 saturated heterocycles. The standard InChI is InChI=1S/C13H14ClN3O2S/c1-8-3-9(2)5-10(4-8)17-20(18,19)11-6-12(14)13(15)16-7-11/h3-7,17H,1-2H3,(H2,15,16). The van der Waals surface area contributed by atoms with Crippen molar-refractivity contribution in [3.05, 3.63) is 46.6 Å². The molecular weight excluding hydrogens is 298 g/mol. The number of anilines is 2. The molecule has 0 aliphatic rings. The van der Waals surface area contributed by atoms with Crippen LogP contribution in [0.15, 0.2) is 35.4 Å². The highest BCUT2D eigenvalue weighted by atomic mass is 35.5. The first-order valence-electron chi connectivity index (χ1n) is 5.80. The van der Waals surface area contributed by atoms with Crippen LogP contribution in [0.4, 0.5) is 11.5 Å². The molecule has 0 aliphatic carbocycles. The van der Waals surface area contributed by atoms with Crippen molar-refractivity contribution in [2.75, 3.05) is 10.5 Å². The lowest BCUT2D eigenvalue weighted by Crippen LogP contribution is -2.13. The van der Waals surface area contributed by atoms with Crippen molar-refractivity contribution in [3.8, 4) is 0 Å². The molecule has 7 heteroatoms. The van der Waals surface area contributed by atoms with Crippen LogP contribution in [0.5, 0.6) is 0 Å². The molecule has 2 aromatic rings. The van der Waals surface area contributed by atoms with Gasteiger partial charge in [0.25, 0.3) is 10.0 Å². The van der Waals surface area contributed by atoms with Gasteiger partial charge in [0, 0.05) is 11.9 Å². The van der Waals surface area contributed by atoms with E-state index in [4.69, 9.17) is 17.3 Å². The van der Waals surface area contributed by atoms with Crippen molar-refractivity contribution in [2.45, 2.75) is 18.7 Å². The Morgan fingerprint density at radius 2 is 1.75 bits per heavy atom. The van der Waals surface area contributed by atoms with E-state index in [1.165, 1.54) is 12.3 Å². The fourth-order valence-electron chi connectivity index (χ4n) is 1.83. The second kappa shape index (κ2) is 5.30. The summed E-state index contributed by atoms with van der Waals surface area (Å²) < 4.78 is 27.0. The molecule has 20 heavy (non-hydrogen) atoms. The van der Waals surface area contributed by atoms with Crippen molar-refractivity contribution >= 4 is 33.1 Å². The Morgan fingerprint density at radius 3 is 2.30 bits per heavy atom. The third kappa shape index (κ3) is 3.20. The van der Waals surface area contributed by atoms with Gasteiger partial charge in [0.2, 0.25) is 0 Å². The van der Waals surface area contributed by atoms with Gasteiger partial charge in [-0.1, -0.05) is 17.7 Å². The minimum Gasteiger partial charge on any atom is -0.382 e. The molecule has 0 saturated carbocycles.